The monoisotopic (exact) mass is 215 g/mol. The Morgan fingerprint density at radius 3 is 2.50 bits per heavy atom. The average molecular weight is 215 g/mol. The Balaban J connectivity index is 3.18. The quantitative estimate of drug-likeness (QED) is 0.303. The van der Waals surface area contributed by atoms with Crippen LogP contribution in [0.1, 0.15) is 0 Å². The van der Waals surface area contributed by atoms with Crippen molar-refractivity contribution < 1.29 is 14.4 Å². The molecule has 0 atom stereocenters. The zero-order valence-electron chi connectivity index (χ0n) is 7.51. The molecule has 0 fully saturated rings. The third kappa shape index (κ3) is 1.58. The summed E-state index contributed by atoms with van der Waals surface area (Å²) in [6, 6.07) is 0. The van der Waals surface area contributed by atoms with Crippen LogP contribution in [0.2, 0.25) is 0 Å². The van der Waals surface area contributed by atoms with E-state index in [0.29, 0.717) is 0 Å². The first kappa shape index (κ1) is 10.9. The van der Waals surface area contributed by atoms with E-state index in [1.165, 1.54) is 14.2 Å². The van der Waals surface area contributed by atoms with E-state index in [1.54, 1.807) is 0 Å². The van der Waals surface area contributed by atoms with Crippen molar-refractivity contribution in [1.82, 2.24) is 0 Å². The van der Waals surface area contributed by atoms with Crippen molar-refractivity contribution in [1.29, 1.82) is 0 Å². The van der Waals surface area contributed by atoms with E-state index in [-0.39, 0.29) is 10.6 Å². The number of methoxy groups -OCH3 is 2. The van der Waals surface area contributed by atoms with Crippen molar-refractivity contribution in [3.63, 3.8) is 0 Å². The van der Waals surface area contributed by atoms with Gasteiger partial charge in [-0.1, -0.05) is 0 Å². The summed E-state index contributed by atoms with van der Waals surface area (Å²) in [7, 11) is 2.57. The van der Waals surface area contributed by atoms with Crippen LogP contribution in [0.3, 0.4) is 0 Å². The first-order valence-corrected chi connectivity index (χ1v) is 4.34. The van der Waals surface area contributed by atoms with E-state index < -0.39 is 10.0 Å². The lowest BCUT2D eigenvalue weighted by Crippen LogP contribution is -2.32. The lowest BCUT2D eigenvalue weighted by Gasteiger charge is -2.21. The third-order valence-corrected chi connectivity index (χ3v) is 2.91. The number of nitro groups is 1. The first-order valence-electron chi connectivity index (χ1n) is 3.52. The van der Waals surface area contributed by atoms with Crippen molar-refractivity contribution in [3.8, 4) is 0 Å². The van der Waals surface area contributed by atoms with Crippen LogP contribution in [0.4, 0.5) is 0 Å². The van der Waals surface area contributed by atoms with Crippen LogP contribution in [0.5, 0.6) is 0 Å². The molecule has 0 saturated carbocycles. The molecule has 0 saturated heterocycles. The van der Waals surface area contributed by atoms with Gasteiger partial charge in [0.15, 0.2) is 0 Å². The summed E-state index contributed by atoms with van der Waals surface area (Å²) >= 11 is 0.871. The minimum Gasteiger partial charge on any atom is -0.762 e. The van der Waals surface area contributed by atoms with Gasteiger partial charge in [-0.05, 0) is 11.8 Å². The van der Waals surface area contributed by atoms with Gasteiger partial charge in [0.2, 0.25) is 0 Å². The maximum Gasteiger partial charge on any atom is 0.318 e. The summed E-state index contributed by atoms with van der Waals surface area (Å²) in [5.41, 5.74) is -0.274. The average Bonchev–Trinajstić information content (AvgIpc) is 2.57. The highest BCUT2D eigenvalue weighted by atomic mass is 32.2. The summed E-state index contributed by atoms with van der Waals surface area (Å²) in [6.07, 6.45) is 1.15. The molecule has 0 bridgehead atoms. The molecular formula is C7H7N2O4S-. The standard InChI is InChI=1S/C7H7N2O4S/c1-12-7(13-2)6(9(10)11)3-5(4-8)14-7/h3H,1-2H3/q-1. The lowest BCUT2D eigenvalue weighted by atomic mass is 10.4. The summed E-state index contributed by atoms with van der Waals surface area (Å²) < 4.78 is 9.83. The van der Waals surface area contributed by atoms with Crippen molar-refractivity contribution >= 4 is 17.6 Å². The summed E-state index contributed by atoms with van der Waals surface area (Å²) in [4.78, 5) is 10.2. The van der Waals surface area contributed by atoms with Crippen LogP contribution in [-0.2, 0) is 9.47 Å². The Labute approximate surface area is 84.2 Å². The number of allylic oxidation sites excluding steroid dienone is 1. The number of nitrogens with zero attached hydrogens (tertiary/aromatic N) is 2. The molecule has 0 aliphatic carbocycles. The summed E-state index contributed by atoms with van der Waals surface area (Å²) in [5, 5.41) is 17.7. The Kier molecular flexibility index (Phi) is 3.07. The van der Waals surface area contributed by atoms with Gasteiger partial charge in [0.1, 0.15) is 0 Å². The zero-order valence-corrected chi connectivity index (χ0v) is 8.33. The largest absolute Gasteiger partial charge is 0.762 e. The zero-order chi connectivity index (χ0) is 10.8. The molecule has 0 aromatic carbocycles. The maximum atomic E-state index is 10.6. The Hall–Kier alpha value is -1.14. The minimum absolute atomic E-state index is 0.195. The predicted octanol–water partition coefficient (Wildman–Crippen LogP) is 0.963. The van der Waals surface area contributed by atoms with Crippen molar-refractivity contribution in [2.75, 3.05) is 14.2 Å². The van der Waals surface area contributed by atoms with Gasteiger partial charge in [-0.2, -0.15) is 0 Å². The molecule has 0 N–H and O–H groups in total. The Morgan fingerprint density at radius 1 is 1.64 bits per heavy atom. The highest BCUT2D eigenvalue weighted by Gasteiger charge is 2.50. The van der Waals surface area contributed by atoms with Crippen LogP contribution in [0, 0.1) is 10.1 Å². The van der Waals surface area contributed by atoms with Gasteiger partial charge in [0.25, 0.3) is 0 Å². The van der Waals surface area contributed by atoms with Crippen molar-refractivity contribution in [2.24, 2.45) is 0 Å². The highest BCUT2D eigenvalue weighted by molar-refractivity contribution is 8.05. The van der Waals surface area contributed by atoms with E-state index >= 15 is 0 Å². The van der Waals surface area contributed by atoms with Gasteiger partial charge in [-0.15, -0.1) is 0 Å². The van der Waals surface area contributed by atoms with Gasteiger partial charge in [-0.25, -0.2) is 0 Å². The van der Waals surface area contributed by atoms with Crippen molar-refractivity contribution in [2.45, 2.75) is 5.12 Å². The van der Waals surface area contributed by atoms with Crippen LogP contribution >= 0.6 is 11.8 Å². The normalized spacial score (nSPS) is 19.0. The van der Waals surface area contributed by atoms with Gasteiger partial charge in [0, 0.05) is 25.2 Å². The molecule has 0 amide bonds. The molecule has 76 valence electrons. The fraction of sp³-hybridized carbons (Fsp3) is 0.429. The number of rotatable bonds is 3. The molecule has 0 aromatic heterocycles. The first-order chi connectivity index (χ1) is 6.59. The second-order valence-electron chi connectivity index (χ2n) is 2.33. The molecule has 0 unspecified atom stereocenters. The van der Waals surface area contributed by atoms with E-state index in [2.05, 4.69) is 0 Å². The molecule has 0 aromatic rings. The topological polar surface area (TPSA) is 83.9 Å². The molecule has 7 heteroatoms. The second-order valence-corrected chi connectivity index (χ2v) is 3.51. The molecule has 1 aliphatic heterocycles. The Morgan fingerprint density at radius 2 is 2.21 bits per heavy atom. The van der Waals surface area contributed by atoms with Gasteiger partial charge >= 0.3 is 10.8 Å². The van der Waals surface area contributed by atoms with E-state index in [0.717, 1.165) is 17.8 Å². The molecule has 6 nitrogen and oxygen atoms in total. The Bertz CT molecular complexity index is 342. The molecular weight excluding hydrogens is 208 g/mol. The van der Waals surface area contributed by atoms with Crippen LogP contribution in [0.15, 0.2) is 16.7 Å². The van der Waals surface area contributed by atoms with Crippen molar-refractivity contribution in [3.05, 3.63) is 32.2 Å². The fourth-order valence-corrected chi connectivity index (χ4v) is 1.94. The summed E-state index contributed by atoms with van der Waals surface area (Å²) in [5.74, 6) is 1.81. The van der Waals surface area contributed by atoms with Gasteiger partial charge < -0.3 is 14.9 Å². The minimum atomic E-state index is -1.49. The molecule has 0 radical (unpaired) electrons. The van der Waals surface area contributed by atoms with Crippen LogP contribution in [0.25, 0.3) is 5.41 Å². The molecule has 0 spiro atoms. The number of thioether (sulfide) groups is 1. The smallest absolute Gasteiger partial charge is 0.318 e. The SMILES string of the molecule is COC1(OC)SC(=C=[N-])C=C1[N+](=O)[O-]. The van der Waals surface area contributed by atoms with E-state index in [9.17, 15) is 10.1 Å². The van der Waals surface area contributed by atoms with Gasteiger partial charge in [-0.3, -0.25) is 16.0 Å². The molecule has 1 heterocycles. The maximum absolute atomic E-state index is 10.6. The molecule has 1 aliphatic rings. The van der Waals surface area contributed by atoms with E-state index in [1.807, 2.05) is 5.87 Å². The predicted molar refractivity (Wildman–Crippen MR) is 51.3 cm³/mol. The van der Waals surface area contributed by atoms with Crippen LogP contribution in [-0.4, -0.2) is 30.1 Å². The van der Waals surface area contributed by atoms with Crippen LogP contribution < -0.4 is 0 Å². The third-order valence-electron chi connectivity index (χ3n) is 1.67. The molecule has 1 rings (SSSR count). The number of hydrogen-bond donors (Lipinski definition) is 0. The lowest BCUT2D eigenvalue weighted by molar-refractivity contribution is -0.451. The summed E-state index contributed by atoms with van der Waals surface area (Å²) in [6.45, 7) is 0. The fourth-order valence-electron chi connectivity index (χ4n) is 1.03. The second kappa shape index (κ2) is 3.93. The van der Waals surface area contributed by atoms with Gasteiger partial charge in [0.05, 0.1) is 4.92 Å². The highest BCUT2D eigenvalue weighted by Crippen LogP contribution is 2.45. The molecule has 14 heavy (non-hydrogen) atoms. The van der Waals surface area contributed by atoms with E-state index in [4.69, 9.17) is 14.9 Å². The number of hydrogen-bond acceptors (Lipinski definition) is 5. The number of ether oxygens (including phenoxy) is 2.